The fraction of sp³-hybridized carbons (Fsp3) is 0.389. The highest BCUT2D eigenvalue weighted by molar-refractivity contribution is 5.92. The minimum Gasteiger partial charge on any atom is -0.342 e. The highest BCUT2D eigenvalue weighted by Gasteiger charge is 2.27. The Bertz CT molecular complexity index is 711. The molecule has 1 aromatic carbocycles. The molecule has 1 aromatic heterocycles. The Kier molecular flexibility index (Phi) is 4.93. The fourth-order valence-electron chi connectivity index (χ4n) is 3.01. The summed E-state index contributed by atoms with van der Waals surface area (Å²) >= 11 is 0. The van der Waals surface area contributed by atoms with Gasteiger partial charge in [-0.1, -0.05) is 30.3 Å². The lowest BCUT2D eigenvalue weighted by atomic mass is 9.97. The van der Waals surface area contributed by atoms with Gasteiger partial charge in [0.25, 0.3) is 0 Å². The van der Waals surface area contributed by atoms with Gasteiger partial charge in [-0.15, -0.1) is 0 Å². The van der Waals surface area contributed by atoms with Crippen molar-refractivity contribution >= 4 is 17.5 Å². The highest BCUT2D eigenvalue weighted by Crippen LogP contribution is 2.19. The monoisotopic (exact) mass is 326 g/mol. The van der Waals surface area contributed by atoms with Gasteiger partial charge in [-0.2, -0.15) is 5.10 Å². The molecule has 6 heteroatoms. The first-order valence-corrected chi connectivity index (χ1v) is 8.24. The van der Waals surface area contributed by atoms with Gasteiger partial charge in [-0.05, 0) is 18.4 Å². The number of benzene rings is 1. The Morgan fingerprint density at radius 2 is 2.08 bits per heavy atom. The Balaban J connectivity index is 1.58. The summed E-state index contributed by atoms with van der Waals surface area (Å²) in [5.74, 6) is -0.163. The van der Waals surface area contributed by atoms with E-state index in [4.69, 9.17) is 0 Å². The normalized spacial score (nSPS) is 17.5. The zero-order valence-corrected chi connectivity index (χ0v) is 13.8. The predicted octanol–water partition coefficient (Wildman–Crippen LogP) is 2.13. The Labute approximate surface area is 141 Å². The topological polar surface area (TPSA) is 67.2 Å². The van der Waals surface area contributed by atoms with E-state index >= 15 is 0 Å². The van der Waals surface area contributed by atoms with Crippen LogP contribution in [-0.4, -0.2) is 39.6 Å². The second-order valence-electron chi connectivity index (χ2n) is 6.21. The van der Waals surface area contributed by atoms with E-state index in [-0.39, 0.29) is 17.7 Å². The van der Waals surface area contributed by atoms with Crippen LogP contribution in [0.25, 0.3) is 0 Å². The largest absolute Gasteiger partial charge is 0.342 e. The number of nitrogens with one attached hydrogen (secondary N) is 1. The lowest BCUT2D eigenvalue weighted by Crippen LogP contribution is -2.42. The van der Waals surface area contributed by atoms with Gasteiger partial charge in [-0.3, -0.25) is 14.3 Å². The molecule has 1 N–H and O–H groups in total. The molecule has 1 saturated heterocycles. The maximum absolute atomic E-state index is 12.4. The molecule has 0 radical (unpaired) electrons. The second-order valence-corrected chi connectivity index (χ2v) is 6.21. The second kappa shape index (κ2) is 7.29. The molecular weight excluding hydrogens is 304 g/mol. The maximum Gasteiger partial charge on any atom is 0.229 e. The molecule has 24 heavy (non-hydrogen) atoms. The summed E-state index contributed by atoms with van der Waals surface area (Å²) in [5.41, 5.74) is 1.85. The average molecular weight is 326 g/mol. The molecule has 0 aliphatic carbocycles. The summed E-state index contributed by atoms with van der Waals surface area (Å²) in [5, 5.41) is 7.21. The van der Waals surface area contributed by atoms with Crippen molar-refractivity contribution in [3.05, 3.63) is 48.3 Å². The lowest BCUT2D eigenvalue weighted by Gasteiger charge is -2.31. The summed E-state index contributed by atoms with van der Waals surface area (Å²) in [6.07, 6.45) is 5.17. The standard InChI is InChI=1S/C18H22N4O2/c1-14(23)21-9-5-8-16(12-21)18(24)20-17-10-19-22(13-17)11-15-6-3-2-4-7-15/h2-4,6-7,10,13,16H,5,8-9,11-12H2,1H3,(H,20,24). The predicted molar refractivity (Wildman–Crippen MR) is 91.4 cm³/mol. The van der Waals surface area contributed by atoms with Crippen LogP contribution >= 0.6 is 0 Å². The molecule has 3 rings (SSSR count). The maximum atomic E-state index is 12.4. The number of anilines is 1. The minimum absolute atomic E-state index is 0.0307. The summed E-state index contributed by atoms with van der Waals surface area (Å²) in [7, 11) is 0. The van der Waals surface area contributed by atoms with E-state index in [1.807, 2.05) is 36.5 Å². The number of aromatic nitrogens is 2. The summed E-state index contributed by atoms with van der Waals surface area (Å²) in [6, 6.07) is 10.0. The molecule has 1 aliphatic rings. The van der Waals surface area contributed by atoms with E-state index < -0.39 is 0 Å². The molecule has 0 bridgehead atoms. The van der Waals surface area contributed by atoms with Crippen molar-refractivity contribution in [2.24, 2.45) is 5.92 Å². The van der Waals surface area contributed by atoms with Crippen molar-refractivity contribution in [2.45, 2.75) is 26.3 Å². The van der Waals surface area contributed by atoms with Crippen molar-refractivity contribution in [3.8, 4) is 0 Å². The van der Waals surface area contributed by atoms with Gasteiger partial charge in [0.05, 0.1) is 24.3 Å². The molecule has 0 saturated carbocycles. The van der Waals surface area contributed by atoms with Gasteiger partial charge in [0.15, 0.2) is 0 Å². The van der Waals surface area contributed by atoms with E-state index in [1.165, 1.54) is 0 Å². The number of nitrogens with zero attached hydrogens (tertiary/aromatic N) is 3. The number of likely N-dealkylation sites (tertiary alicyclic amines) is 1. The van der Waals surface area contributed by atoms with Crippen LogP contribution in [0.2, 0.25) is 0 Å². The Morgan fingerprint density at radius 3 is 2.83 bits per heavy atom. The fourth-order valence-corrected chi connectivity index (χ4v) is 3.01. The molecule has 1 unspecified atom stereocenters. The van der Waals surface area contributed by atoms with Gasteiger partial charge < -0.3 is 10.2 Å². The number of piperidine rings is 1. The third kappa shape index (κ3) is 4.01. The van der Waals surface area contributed by atoms with Crippen LogP contribution in [-0.2, 0) is 16.1 Å². The number of carbonyl (C=O) groups excluding carboxylic acids is 2. The van der Waals surface area contributed by atoms with Crippen LogP contribution in [0.15, 0.2) is 42.7 Å². The van der Waals surface area contributed by atoms with E-state index in [1.54, 1.807) is 22.7 Å². The van der Waals surface area contributed by atoms with Gasteiger partial charge in [0.1, 0.15) is 0 Å². The van der Waals surface area contributed by atoms with Crippen molar-refractivity contribution in [1.82, 2.24) is 14.7 Å². The third-order valence-corrected chi connectivity index (χ3v) is 4.33. The van der Waals surface area contributed by atoms with Crippen LogP contribution in [0.4, 0.5) is 5.69 Å². The highest BCUT2D eigenvalue weighted by atomic mass is 16.2. The van der Waals surface area contributed by atoms with E-state index in [2.05, 4.69) is 10.4 Å². The molecule has 1 fully saturated rings. The molecule has 2 aromatic rings. The van der Waals surface area contributed by atoms with Gasteiger partial charge in [0.2, 0.25) is 11.8 Å². The number of hydrogen-bond acceptors (Lipinski definition) is 3. The molecule has 1 aliphatic heterocycles. The molecule has 0 spiro atoms. The van der Waals surface area contributed by atoms with Gasteiger partial charge in [-0.25, -0.2) is 0 Å². The van der Waals surface area contributed by atoms with Crippen molar-refractivity contribution < 1.29 is 9.59 Å². The Morgan fingerprint density at radius 1 is 1.29 bits per heavy atom. The van der Waals surface area contributed by atoms with Crippen LogP contribution in [0.3, 0.4) is 0 Å². The zero-order valence-electron chi connectivity index (χ0n) is 13.8. The van der Waals surface area contributed by atoms with Crippen LogP contribution in [0.1, 0.15) is 25.3 Å². The minimum atomic E-state index is -0.153. The molecule has 2 amide bonds. The summed E-state index contributed by atoms with van der Waals surface area (Å²) in [6.45, 7) is 3.46. The van der Waals surface area contributed by atoms with Crippen molar-refractivity contribution in [2.75, 3.05) is 18.4 Å². The first kappa shape index (κ1) is 16.2. The average Bonchev–Trinajstić information content (AvgIpc) is 3.02. The number of amides is 2. The van der Waals surface area contributed by atoms with Crippen LogP contribution in [0, 0.1) is 5.92 Å². The SMILES string of the molecule is CC(=O)N1CCCC(C(=O)Nc2cnn(Cc3ccccc3)c2)C1. The van der Waals surface area contributed by atoms with Crippen molar-refractivity contribution in [3.63, 3.8) is 0 Å². The molecule has 1 atom stereocenters. The van der Waals surface area contributed by atoms with Crippen LogP contribution in [0.5, 0.6) is 0 Å². The molecule has 2 heterocycles. The van der Waals surface area contributed by atoms with E-state index in [9.17, 15) is 9.59 Å². The zero-order chi connectivity index (χ0) is 16.9. The smallest absolute Gasteiger partial charge is 0.229 e. The van der Waals surface area contributed by atoms with Crippen molar-refractivity contribution in [1.29, 1.82) is 0 Å². The number of carbonyl (C=O) groups is 2. The van der Waals surface area contributed by atoms with E-state index in [0.717, 1.165) is 24.9 Å². The molecule has 6 nitrogen and oxygen atoms in total. The lowest BCUT2D eigenvalue weighted by molar-refractivity contribution is -0.132. The van der Waals surface area contributed by atoms with Crippen LogP contribution < -0.4 is 5.32 Å². The number of rotatable bonds is 4. The van der Waals surface area contributed by atoms with Gasteiger partial charge in [0, 0.05) is 26.2 Å². The first-order chi connectivity index (χ1) is 11.6. The summed E-state index contributed by atoms with van der Waals surface area (Å²) in [4.78, 5) is 25.6. The number of hydrogen-bond donors (Lipinski definition) is 1. The third-order valence-electron chi connectivity index (χ3n) is 4.33. The molecular formula is C18H22N4O2. The quantitative estimate of drug-likeness (QED) is 0.936. The molecule has 126 valence electrons. The summed E-state index contributed by atoms with van der Waals surface area (Å²) < 4.78 is 1.80. The Hall–Kier alpha value is -2.63. The van der Waals surface area contributed by atoms with E-state index in [0.29, 0.717) is 18.8 Å². The first-order valence-electron chi connectivity index (χ1n) is 8.24. The van der Waals surface area contributed by atoms with Gasteiger partial charge >= 0.3 is 0 Å².